The average Bonchev–Trinajstić information content (AvgIpc) is 3.23. The van der Waals surface area contributed by atoms with E-state index in [0.717, 1.165) is 24.4 Å². The van der Waals surface area contributed by atoms with Gasteiger partial charge in [-0.05, 0) is 31.3 Å². The number of amides is 1. The van der Waals surface area contributed by atoms with Gasteiger partial charge in [0.1, 0.15) is 0 Å². The van der Waals surface area contributed by atoms with E-state index in [1.807, 2.05) is 0 Å². The van der Waals surface area contributed by atoms with Gasteiger partial charge in [-0.25, -0.2) is 4.39 Å². The molecule has 0 bridgehead atoms. The fourth-order valence-electron chi connectivity index (χ4n) is 1.87. The molecule has 1 amide bonds. The smallest absolute Gasteiger partial charge is 0.280 e. The average molecular weight is 300 g/mol. The van der Waals surface area contributed by atoms with Crippen molar-refractivity contribution in [2.45, 2.75) is 26.3 Å². The maximum absolute atomic E-state index is 13.9. The van der Waals surface area contributed by atoms with Crippen molar-refractivity contribution in [3.05, 3.63) is 17.0 Å². The van der Waals surface area contributed by atoms with Crippen LogP contribution in [0.4, 0.5) is 4.39 Å². The van der Waals surface area contributed by atoms with Crippen LogP contribution in [-0.4, -0.2) is 24.5 Å². The topological polar surface area (TPSA) is 60.5 Å². The number of nitrogens with one attached hydrogen (secondary N) is 1. The molecule has 1 N–H and O–H groups in total. The summed E-state index contributed by atoms with van der Waals surface area (Å²) in [6.07, 6.45) is 1.92. The molecule has 7 heteroatoms. The number of carbonyl (C=O) groups is 1. The van der Waals surface area contributed by atoms with Crippen molar-refractivity contribution in [2.24, 2.45) is 5.92 Å². The highest BCUT2D eigenvalue weighted by molar-refractivity contribution is 7.08. The molecule has 0 saturated heterocycles. The van der Waals surface area contributed by atoms with Gasteiger partial charge < -0.3 is 14.8 Å². The maximum atomic E-state index is 13.9. The van der Waals surface area contributed by atoms with Crippen LogP contribution in [-0.2, 0) is 11.3 Å². The Bertz CT molecular complexity index is 516. The number of carbonyl (C=O) groups excluding carboxylic acids is 1. The van der Waals surface area contributed by atoms with Gasteiger partial charge in [0.15, 0.2) is 5.83 Å². The Morgan fingerprint density at radius 1 is 1.45 bits per heavy atom. The minimum atomic E-state index is -0.704. The molecular weight excluding hydrogens is 283 g/mol. The lowest BCUT2D eigenvalue weighted by Crippen LogP contribution is -2.24. The van der Waals surface area contributed by atoms with E-state index in [9.17, 15) is 9.18 Å². The summed E-state index contributed by atoms with van der Waals surface area (Å²) in [6.45, 7) is 1.78. The molecule has 0 radical (unpaired) electrons. The molecule has 110 valence electrons. The number of methoxy groups -OCH3 is 2. The lowest BCUT2D eigenvalue weighted by atomic mass is 10.1. The summed E-state index contributed by atoms with van der Waals surface area (Å²) in [5.41, 5.74) is 1.15. The van der Waals surface area contributed by atoms with Gasteiger partial charge in [-0.3, -0.25) is 4.79 Å². The van der Waals surface area contributed by atoms with Gasteiger partial charge in [-0.15, -0.1) is 0 Å². The number of nitrogens with zero attached hydrogens (tertiary/aromatic N) is 1. The van der Waals surface area contributed by atoms with E-state index in [4.69, 9.17) is 9.47 Å². The van der Waals surface area contributed by atoms with E-state index in [1.54, 1.807) is 6.92 Å². The van der Waals surface area contributed by atoms with Crippen LogP contribution in [0.1, 0.15) is 25.3 Å². The van der Waals surface area contributed by atoms with Crippen molar-refractivity contribution < 1.29 is 18.7 Å². The molecule has 1 fully saturated rings. The van der Waals surface area contributed by atoms with Crippen LogP contribution in [0.2, 0.25) is 0 Å². The van der Waals surface area contributed by atoms with E-state index >= 15 is 0 Å². The van der Waals surface area contributed by atoms with Crippen LogP contribution in [0.5, 0.6) is 10.9 Å². The molecule has 0 aliphatic heterocycles. The first-order valence-corrected chi connectivity index (χ1v) is 7.06. The van der Waals surface area contributed by atoms with Crippen molar-refractivity contribution in [1.82, 2.24) is 9.69 Å². The predicted octanol–water partition coefficient (Wildman–Crippen LogP) is 2.43. The molecule has 1 heterocycles. The molecule has 0 aromatic carbocycles. The third-order valence-corrected chi connectivity index (χ3v) is 4.09. The van der Waals surface area contributed by atoms with Crippen LogP contribution in [0.3, 0.4) is 0 Å². The third-order valence-electron chi connectivity index (χ3n) is 3.26. The minimum Gasteiger partial charge on any atom is -0.486 e. The Morgan fingerprint density at radius 3 is 2.70 bits per heavy atom. The van der Waals surface area contributed by atoms with Crippen molar-refractivity contribution in [3.8, 4) is 10.9 Å². The Morgan fingerprint density at radius 2 is 2.15 bits per heavy atom. The lowest BCUT2D eigenvalue weighted by Gasteiger charge is -2.07. The molecule has 1 aliphatic carbocycles. The standard InChI is InChI=1S/C13H17FN2O3S/c1-7(8-4-5-8)10(14)11(17)15-6-9-12(18-2)16-20-13(9)19-3/h8H,4-6H2,1-3H3,(H,15,17)/b10-7-. The van der Waals surface area contributed by atoms with Gasteiger partial charge >= 0.3 is 0 Å². The van der Waals surface area contributed by atoms with Gasteiger partial charge in [-0.2, -0.15) is 4.37 Å². The first-order valence-electron chi connectivity index (χ1n) is 6.29. The second kappa shape index (κ2) is 6.21. The van der Waals surface area contributed by atoms with E-state index < -0.39 is 11.7 Å². The molecule has 20 heavy (non-hydrogen) atoms. The Balaban J connectivity index is 2.03. The summed E-state index contributed by atoms with van der Waals surface area (Å²) in [6, 6.07) is 0. The summed E-state index contributed by atoms with van der Waals surface area (Å²) in [4.78, 5) is 11.8. The number of hydrogen-bond acceptors (Lipinski definition) is 5. The van der Waals surface area contributed by atoms with Crippen LogP contribution >= 0.6 is 11.5 Å². The zero-order chi connectivity index (χ0) is 14.7. The van der Waals surface area contributed by atoms with Crippen molar-refractivity contribution >= 4 is 17.4 Å². The SMILES string of the molecule is COc1nsc(OC)c1CNC(=O)/C(F)=C(\C)C1CC1. The summed E-state index contributed by atoms with van der Waals surface area (Å²) in [5.74, 6) is -0.776. The fourth-order valence-corrected chi connectivity index (χ4v) is 2.56. The van der Waals surface area contributed by atoms with Crippen molar-refractivity contribution in [1.29, 1.82) is 0 Å². The maximum Gasteiger partial charge on any atom is 0.280 e. The van der Waals surface area contributed by atoms with E-state index in [0.29, 0.717) is 22.1 Å². The molecule has 1 saturated carbocycles. The van der Waals surface area contributed by atoms with E-state index in [1.165, 1.54) is 14.2 Å². The highest BCUT2D eigenvalue weighted by Gasteiger charge is 2.28. The van der Waals surface area contributed by atoms with Gasteiger partial charge in [0.2, 0.25) is 10.9 Å². The van der Waals surface area contributed by atoms with Gasteiger partial charge in [0.25, 0.3) is 5.91 Å². The largest absolute Gasteiger partial charge is 0.486 e. The number of ether oxygens (including phenoxy) is 2. The minimum absolute atomic E-state index is 0.118. The Kier molecular flexibility index (Phi) is 4.59. The summed E-state index contributed by atoms with van der Waals surface area (Å²) in [7, 11) is 2.99. The highest BCUT2D eigenvalue weighted by Crippen LogP contribution is 2.38. The number of aromatic nitrogens is 1. The molecule has 1 aromatic rings. The Hall–Kier alpha value is -1.63. The van der Waals surface area contributed by atoms with E-state index in [-0.39, 0.29) is 12.5 Å². The van der Waals surface area contributed by atoms with Crippen LogP contribution in [0, 0.1) is 5.92 Å². The van der Waals surface area contributed by atoms with Crippen LogP contribution in [0.15, 0.2) is 11.4 Å². The van der Waals surface area contributed by atoms with E-state index in [2.05, 4.69) is 9.69 Å². The number of rotatable bonds is 6. The predicted molar refractivity (Wildman–Crippen MR) is 73.6 cm³/mol. The number of halogens is 1. The first kappa shape index (κ1) is 14.8. The molecule has 1 aromatic heterocycles. The lowest BCUT2D eigenvalue weighted by molar-refractivity contribution is -0.119. The number of hydrogen-bond donors (Lipinski definition) is 1. The fraction of sp³-hybridized carbons (Fsp3) is 0.538. The summed E-state index contributed by atoms with van der Waals surface area (Å²) < 4.78 is 28.1. The molecule has 5 nitrogen and oxygen atoms in total. The van der Waals surface area contributed by atoms with Crippen molar-refractivity contribution in [3.63, 3.8) is 0 Å². The van der Waals surface area contributed by atoms with Crippen molar-refractivity contribution in [2.75, 3.05) is 14.2 Å². The molecule has 0 spiro atoms. The monoisotopic (exact) mass is 300 g/mol. The zero-order valence-electron chi connectivity index (χ0n) is 11.7. The molecule has 2 rings (SSSR count). The second-order valence-electron chi connectivity index (χ2n) is 4.62. The third kappa shape index (κ3) is 3.09. The highest BCUT2D eigenvalue weighted by atomic mass is 32.1. The van der Waals surface area contributed by atoms with Gasteiger partial charge in [-0.1, -0.05) is 0 Å². The summed E-state index contributed by atoms with van der Waals surface area (Å²) in [5, 5.41) is 3.08. The second-order valence-corrected chi connectivity index (χ2v) is 5.35. The molecular formula is C13H17FN2O3S. The number of allylic oxidation sites excluding steroid dienone is 1. The molecule has 0 atom stereocenters. The molecule has 1 aliphatic rings. The van der Waals surface area contributed by atoms with Crippen LogP contribution in [0.25, 0.3) is 0 Å². The van der Waals surface area contributed by atoms with Crippen LogP contribution < -0.4 is 14.8 Å². The first-order chi connectivity index (χ1) is 9.58. The zero-order valence-corrected chi connectivity index (χ0v) is 12.5. The van der Waals surface area contributed by atoms with Gasteiger partial charge in [0.05, 0.1) is 26.3 Å². The van der Waals surface area contributed by atoms with Gasteiger partial charge in [0, 0.05) is 11.5 Å². The Labute approximate surface area is 120 Å². The molecule has 0 unspecified atom stereocenters. The normalized spacial score (nSPS) is 15.6. The quantitative estimate of drug-likeness (QED) is 0.820. The summed E-state index contributed by atoms with van der Waals surface area (Å²) >= 11 is 1.13.